The molecule has 0 fully saturated rings. The number of rotatable bonds is 18. The van der Waals surface area contributed by atoms with Crippen molar-refractivity contribution in [3.05, 3.63) is 84.4 Å². The number of hydrogen-bond donors (Lipinski definition) is 5. The lowest BCUT2D eigenvalue weighted by atomic mass is 10.0. The van der Waals surface area contributed by atoms with Crippen LogP contribution in [-0.2, 0) is 16.1 Å². The van der Waals surface area contributed by atoms with Crippen LogP contribution in [0.15, 0.2) is 84.0 Å². The van der Waals surface area contributed by atoms with E-state index in [0.717, 1.165) is 39.6 Å². The first kappa shape index (κ1) is 34.9. The van der Waals surface area contributed by atoms with Crippen LogP contribution < -0.4 is 25.4 Å². The van der Waals surface area contributed by atoms with E-state index in [1.54, 1.807) is 14.2 Å². The van der Waals surface area contributed by atoms with Crippen LogP contribution in [0.25, 0.3) is 22.5 Å². The van der Waals surface area contributed by atoms with Gasteiger partial charge in [0.05, 0.1) is 25.6 Å². The van der Waals surface area contributed by atoms with E-state index in [9.17, 15) is 19.5 Å². The van der Waals surface area contributed by atoms with E-state index in [1.807, 2.05) is 78.9 Å². The molecule has 1 aromatic heterocycles. The van der Waals surface area contributed by atoms with Gasteiger partial charge in [0.1, 0.15) is 17.5 Å². The minimum Gasteiger partial charge on any atom is -0.497 e. The molecule has 4 rings (SSSR count). The van der Waals surface area contributed by atoms with Crippen LogP contribution in [0, 0.1) is 0 Å². The Morgan fingerprint density at radius 2 is 1.51 bits per heavy atom. The maximum Gasteiger partial charge on any atom is 0.326 e. The van der Waals surface area contributed by atoms with E-state index in [1.165, 1.54) is 11.8 Å². The number of aliphatic carboxylic acids is 1. The molecule has 0 saturated carbocycles. The molecule has 3 aromatic carbocycles. The average Bonchev–Trinajstić information content (AvgIpc) is 3.53. The number of carboxylic acids is 1. The molecule has 0 unspecified atom stereocenters. The maximum atomic E-state index is 12.6. The minimum absolute atomic E-state index is 0.192. The van der Waals surface area contributed by atoms with Gasteiger partial charge in [-0.15, -0.1) is 0 Å². The zero-order valence-corrected chi connectivity index (χ0v) is 27.4. The quantitative estimate of drug-likeness (QED) is 0.0656. The van der Waals surface area contributed by atoms with Gasteiger partial charge >= 0.3 is 12.0 Å². The number of aromatic amines is 1. The molecule has 5 N–H and O–H groups in total. The summed E-state index contributed by atoms with van der Waals surface area (Å²) in [5, 5.41) is 18.5. The van der Waals surface area contributed by atoms with Crippen molar-refractivity contribution in [3.8, 4) is 34.0 Å². The highest BCUT2D eigenvalue weighted by atomic mass is 32.2. The number of ether oxygens (including phenoxy) is 2. The summed E-state index contributed by atoms with van der Waals surface area (Å²) in [4.78, 5) is 44.6. The second kappa shape index (κ2) is 18.2. The summed E-state index contributed by atoms with van der Waals surface area (Å²) in [5.74, 6) is 0.738. The number of carboxylic acid groups (broad SMARTS) is 1. The predicted molar refractivity (Wildman–Crippen MR) is 183 cm³/mol. The van der Waals surface area contributed by atoms with Crippen molar-refractivity contribution in [2.45, 2.75) is 49.8 Å². The fraction of sp³-hybridized carbons (Fsp3) is 0.314. The van der Waals surface area contributed by atoms with E-state index < -0.39 is 12.0 Å². The largest absolute Gasteiger partial charge is 0.497 e. The van der Waals surface area contributed by atoms with Crippen LogP contribution in [0.4, 0.5) is 4.79 Å². The molecule has 1 atom stereocenters. The Balaban J connectivity index is 1.21. The highest BCUT2D eigenvalue weighted by Gasteiger charge is 2.20. The number of benzene rings is 3. The molecular formula is C35H41N5O6S. The Labute approximate surface area is 278 Å². The minimum atomic E-state index is -1.08. The van der Waals surface area contributed by atoms with Gasteiger partial charge in [0, 0.05) is 36.4 Å². The third-order valence-electron chi connectivity index (χ3n) is 7.35. The summed E-state index contributed by atoms with van der Waals surface area (Å²) in [6, 6.07) is 23.8. The van der Waals surface area contributed by atoms with Gasteiger partial charge in [-0.05, 0) is 79.8 Å². The second-order valence-electron chi connectivity index (χ2n) is 10.7. The predicted octanol–water partition coefficient (Wildman–Crippen LogP) is 5.87. The lowest BCUT2D eigenvalue weighted by Crippen LogP contribution is -2.41. The normalized spacial score (nSPS) is 11.4. The average molecular weight is 660 g/mol. The zero-order valence-electron chi connectivity index (χ0n) is 26.6. The van der Waals surface area contributed by atoms with Crippen LogP contribution in [-0.4, -0.2) is 65.5 Å². The van der Waals surface area contributed by atoms with E-state index in [-0.39, 0.29) is 24.8 Å². The SMILES string of the molecule is COc1ccc(-c2nc(SCCCC(=O)N[C@@H](CCCCNC(=O)NCc3ccccc3)C(=O)O)[nH]c2-c2ccc(OC)cc2)cc1. The highest BCUT2D eigenvalue weighted by Crippen LogP contribution is 2.34. The van der Waals surface area contributed by atoms with Crippen molar-refractivity contribution in [3.63, 3.8) is 0 Å². The molecule has 4 aromatic rings. The number of hydrogen-bond acceptors (Lipinski definition) is 7. The monoisotopic (exact) mass is 659 g/mol. The van der Waals surface area contributed by atoms with Gasteiger partial charge in [0.25, 0.3) is 0 Å². The summed E-state index contributed by atoms with van der Waals surface area (Å²) in [6.45, 7) is 0.834. The van der Waals surface area contributed by atoms with E-state index in [4.69, 9.17) is 14.5 Å². The number of thioether (sulfide) groups is 1. The third kappa shape index (κ3) is 11.1. The standard InChI is InChI=1S/C35H41N5O6S/c1-45-27-17-13-25(14-18-27)31-32(26-15-19-28(46-2)20-16-26)40-35(39-31)47-22-8-12-30(41)38-29(33(42)43)11-6-7-21-36-34(44)37-23-24-9-4-3-5-10-24/h3-5,9-10,13-20,29H,6-8,11-12,21-23H2,1-2H3,(H,38,41)(H,39,40)(H,42,43)(H2,36,37,44)/t29-/m0/s1. The summed E-state index contributed by atoms with van der Waals surface area (Å²) in [5.41, 5.74) is 4.55. The Bertz CT molecular complexity index is 1510. The number of H-pyrrole nitrogens is 1. The number of carbonyl (C=O) groups is 3. The molecule has 0 spiro atoms. The number of urea groups is 1. The molecule has 12 heteroatoms. The van der Waals surface area contributed by atoms with Crippen LogP contribution in [0.1, 0.15) is 37.7 Å². The molecule has 1 heterocycles. The van der Waals surface area contributed by atoms with Crippen molar-refractivity contribution in [1.29, 1.82) is 0 Å². The van der Waals surface area contributed by atoms with Crippen molar-refractivity contribution in [1.82, 2.24) is 25.9 Å². The van der Waals surface area contributed by atoms with Crippen LogP contribution in [0.5, 0.6) is 11.5 Å². The van der Waals surface area contributed by atoms with Crippen molar-refractivity contribution < 1.29 is 29.0 Å². The van der Waals surface area contributed by atoms with Crippen molar-refractivity contribution in [2.75, 3.05) is 26.5 Å². The van der Waals surface area contributed by atoms with Gasteiger partial charge in [0.15, 0.2) is 5.16 Å². The first-order valence-corrected chi connectivity index (χ1v) is 16.4. The fourth-order valence-electron chi connectivity index (χ4n) is 4.79. The van der Waals surface area contributed by atoms with Crippen molar-refractivity contribution >= 4 is 29.7 Å². The molecule has 11 nitrogen and oxygen atoms in total. The summed E-state index contributed by atoms with van der Waals surface area (Å²) < 4.78 is 10.6. The van der Waals surface area contributed by atoms with E-state index in [2.05, 4.69) is 20.9 Å². The van der Waals surface area contributed by atoms with Crippen LogP contribution in [0.2, 0.25) is 0 Å². The topological polar surface area (TPSA) is 155 Å². The van der Waals surface area contributed by atoms with Gasteiger partial charge in [-0.25, -0.2) is 14.6 Å². The van der Waals surface area contributed by atoms with Gasteiger partial charge in [-0.2, -0.15) is 0 Å². The number of methoxy groups -OCH3 is 2. The first-order chi connectivity index (χ1) is 22.9. The summed E-state index contributed by atoms with van der Waals surface area (Å²) in [6.07, 6.45) is 2.14. The first-order valence-electron chi connectivity index (χ1n) is 15.5. The van der Waals surface area contributed by atoms with Gasteiger partial charge < -0.3 is 35.5 Å². The molecule has 3 amide bonds. The number of imidazole rings is 1. The molecule has 0 aliphatic rings. The number of amides is 3. The second-order valence-corrected chi connectivity index (χ2v) is 11.8. The Hall–Kier alpha value is -4.97. The molecule has 0 aliphatic heterocycles. The zero-order chi connectivity index (χ0) is 33.4. The van der Waals surface area contributed by atoms with E-state index in [0.29, 0.717) is 43.3 Å². The Kier molecular flexibility index (Phi) is 13.5. The third-order valence-corrected chi connectivity index (χ3v) is 8.31. The number of aromatic nitrogens is 2. The molecule has 0 aliphatic carbocycles. The maximum absolute atomic E-state index is 12.6. The smallest absolute Gasteiger partial charge is 0.326 e. The van der Waals surface area contributed by atoms with Crippen molar-refractivity contribution in [2.24, 2.45) is 0 Å². The number of carbonyl (C=O) groups excluding carboxylic acids is 2. The molecule has 0 radical (unpaired) electrons. The van der Waals surface area contributed by atoms with Gasteiger partial charge in [0.2, 0.25) is 5.91 Å². The van der Waals surface area contributed by atoms with Crippen LogP contribution in [0.3, 0.4) is 0 Å². The van der Waals surface area contributed by atoms with Gasteiger partial charge in [-0.3, -0.25) is 4.79 Å². The Morgan fingerprint density at radius 1 is 0.851 bits per heavy atom. The number of nitrogens with zero attached hydrogens (tertiary/aromatic N) is 1. The molecule has 0 saturated heterocycles. The van der Waals surface area contributed by atoms with Gasteiger partial charge in [-0.1, -0.05) is 42.1 Å². The molecule has 47 heavy (non-hydrogen) atoms. The van der Waals surface area contributed by atoms with E-state index >= 15 is 0 Å². The lowest BCUT2D eigenvalue weighted by Gasteiger charge is -2.14. The summed E-state index contributed by atoms with van der Waals surface area (Å²) >= 11 is 1.50. The highest BCUT2D eigenvalue weighted by molar-refractivity contribution is 7.99. The summed E-state index contributed by atoms with van der Waals surface area (Å²) in [7, 11) is 3.25. The molecule has 248 valence electrons. The fourth-order valence-corrected chi connectivity index (χ4v) is 5.60. The Morgan fingerprint density at radius 3 is 2.15 bits per heavy atom. The van der Waals surface area contributed by atoms with Crippen LogP contribution >= 0.6 is 11.8 Å². The molecule has 0 bridgehead atoms. The molecular weight excluding hydrogens is 618 g/mol. The lowest BCUT2D eigenvalue weighted by molar-refractivity contribution is -0.142. The number of nitrogens with one attached hydrogen (secondary N) is 4. The number of unbranched alkanes of at least 4 members (excludes halogenated alkanes) is 1.